The van der Waals surface area contributed by atoms with Crippen molar-refractivity contribution in [2.24, 2.45) is 5.92 Å². The molecule has 1 aliphatic rings. The van der Waals surface area contributed by atoms with E-state index in [1.807, 2.05) is 20.9 Å². The Kier molecular flexibility index (Phi) is 7.49. The van der Waals surface area contributed by atoms with Crippen LogP contribution in [0.15, 0.2) is 18.2 Å². The van der Waals surface area contributed by atoms with Crippen LogP contribution in [0.5, 0.6) is 5.75 Å². The Bertz CT molecular complexity index is 362. The lowest BCUT2D eigenvalue weighted by molar-refractivity contribution is 0.249. The molecule has 0 bridgehead atoms. The van der Waals surface area contributed by atoms with Gasteiger partial charge in [0.05, 0.1) is 6.61 Å². The molecule has 0 atom stereocenters. The fourth-order valence-corrected chi connectivity index (χ4v) is 2.40. The molecule has 0 aromatic heterocycles. The summed E-state index contributed by atoms with van der Waals surface area (Å²) in [6.45, 7) is 5.40. The first-order chi connectivity index (χ1) is 9.29. The minimum atomic E-state index is -0.205. The number of halogens is 1. The van der Waals surface area contributed by atoms with E-state index >= 15 is 0 Å². The van der Waals surface area contributed by atoms with E-state index in [0.29, 0.717) is 12.5 Å². The van der Waals surface area contributed by atoms with Gasteiger partial charge in [0, 0.05) is 12.1 Å². The standard InChI is InChI=1S/C14H20FNO.C2H6/c1-16-9-12-8-13(15)6-7-14(12)17-10-11-4-2-3-5-11;1-2/h6-8,11,16H,2-5,9-10H2,1H3;1-2H3. The Balaban J connectivity index is 0.000000861. The third-order valence-corrected chi connectivity index (χ3v) is 3.34. The highest BCUT2D eigenvalue weighted by Crippen LogP contribution is 2.27. The van der Waals surface area contributed by atoms with E-state index in [1.54, 1.807) is 12.1 Å². The SMILES string of the molecule is CC.CNCc1cc(F)ccc1OCC1CCCC1. The summed E-state index contributed by atoms with van der Waals surface area (Å²) in [7, 11) is 1.85. The summed E-state index contributed by atoms with van der Waals surface area (Å²) < 4.78 is 19.0. The highest BCUT2D eigenvalue weighted by atomic mass is 19.1. The quantitative estimate of drug-likeness (QED) is 0.865. The number of ether oxygens (including phenoxy) is 1. The minimum Gasteiger partial charge on any atom is -0.493 e. The molecule has 108 valence electrons. The zero-order valence-electron chi connectivity index (χ0n) is 12.3. The molecule has 0 aliphatic heterocycles. The lowest BCUT2D eigenvalue weighted by atomic mass is 10.1. The van der Waals surface area contributed by atoms with Crippen LogP contribution in [0.2, 0.25) is 0 Å². The lowest BCUT2D eigenvalue weighted by Gasteiger charge is -2.14. The van der Waals surface area contributed by atoms with Crippen molar-refractivity contribution < 1.29 is 9.13 Å². The van der Waals surface area contributed by atoms with Gasteiger partial charge < -0.3 is 10.1 Å². The van der Waals surface area contributed by atoms with Gasteiger partial charge in [0.1, 0.15) is 11.6 Å². The van der Waals surface area contributed by atoms with Gasteiger partial charge >= 0.3 is 0 Å². The van der Waals surface area contributed by atoms with Gasteiger partial charge in [-0.05, 0) is 44.0 Å². The maximum Gasteiger partial charge on any atom is 0.123 e. The number of hydrogen-bond acceptors (Lipinski definition) is 2. The van der Waals surface area contributed by atoms with Crippen LogP contribution in [-0.2, 0) is 6.54 Å². The first-order valence-corrected chi connectivity index (χ1v) is 7.35. The van der Waals surface area contributed by atoms with Crippen LogP contribution in [0, 0.1) is 11.7 Å². The van der Waals surface area contributed by atoms with Crippen molar-refractivity contribution in [1.29, 1.82) is 0 Å². The first kappa shape index (κ1) is 16.0. The van der Waals surface area contributed by atoms with Crippen molar-refractivity contribution in [2.45, 2.75) is 46.1 Å². The summed E-state index contributed by atoms with van der Waals surface area (Å²) in [6, 6.07) is 4.74. The zero-order valence-corrected chi connectivity index (χ0v) is 12.3. The van der Waals surface area contributed by atoms with E-state index < -0.39 is 0 Å². The molecule has 1 aromatic rings. The van der Waals surface area contributed by atoms with Crippen molar-refractivity contribution in [3.63, 3.8) is 0 Å². The van der Waals surface area contributed by atoms with Crippen molar-refractivity contribution in [2.75, 3.05) is 13.7 Å². The molecule has 3 heteroatoms. The van der Waals surface area contributed by atoms with Crippen LogP contribution >= 0.6 is 0 Å². The predicted octanol–water partition coefficient (Wildman–Crippen LogP) is 4.14. The van der Waals surface area contributed by atoms with Gasteiger partial charge in [-0.2, -0.15) is 0 Å². The summed E-state index contributed by atoms with van der Waals surface area (Å²) in [4.78, 5) is 0. The topological polar surface area (TPSA) is 21.3 Å². The van der Waals surface area contributed by atoms with E-state index in [0.717, 1.165) is 17.9 Å². The van der Waals surface area contributed by atoms with Crippen LogP contribution in [0.3, 0.4) is 0 Å². The molecular weight excluding hydrogens is 241 g/mol. The summed E-state index contributed by atoms with van der Waals surface area (Å²) in [6.07, 6.45) is 5.17. The normalized spacial score (nSPS) is 14.9. The van der Waals surface area contributed by atoms with Gasteiger partial charge in [0.2, 0.25) is 0 Å². The maximum atomic E-state index is 13.1. The summed E-state index contributed by atoms with van der Waals surface area (Å²) >= 11 is 0. The Morgan fingerprint density at radius 1 is 1.26 bits per heavy atom. The van der Waals surface area contributed by atoms with E-state index in [9.17, 15) is 4.39 Å². The van der Waals surface area contributed by atoms with Gasteiger partial charge in [-0.25, -0.2) is 4.39 Å². The van der Waals surface area contributed by atoms with Gasteiger partial charge in [-0.1, -0.05) is 26.7 Å². The number of nitrogens with one attached hydrogen (secondary N) is 1. The molecule has 0 unspecified atom stereocenters. The van der Waals surface area contributed by atoms with Crippen LogP contribution in [-0.4, -0.2) is 13.7 Å². The first-order valence-electron chi connectivity index (χ1n) is 7.35. The summed E-state index contributed by atoms with van der Waals surface area (Å²) in [5.74, 6) is 1.29. The van der Waals surface area contributed by atoms with Gasteiger partial charge in [-0.15, -0.1) is 0 Å². The highest BCUT2D eigenvalue weighted by molar-refractivity contribution is 5.33. The number of benzene rings is 1. The molecule has 1 aromatic carbocycles. The van der Waals surface area contributed by atoms with Crippen LogP contribution in [0.25, 0.3) is 0 Å². The molecule has 0 amide bonds. The van der Waals surface area contributed by atoms with Gasteiger partial charge in [0.25, 0.3) is 0 Å². The van der Waals surface area contributed by atoms with Crippen molar-refractivity contribution in [3.05, 3.63) is 29.6 Å². The molecule has 2 nitrogen and oxygen atoms in total. The van der Waals surface area contributed by atoms with Crippen LogP contribution in [0.1, 0.15) is 45.1 Å². The Morgan fingerprint density at radius 2 is 1.95 bits per heavy atom. The van der Waals surface area contributed by atoms with Crippen molar-refractivity contribution in [3.8, 4) is 5.75 Å². The van der Waals surface area contributed by atoms with E-state index in [4.69, 9.17) is 4.74 Å². The molecular formula is C16H26FNO. The van der Waals surface area contributed by atoms with E-state index in [-0.39, 0.29) is 5.82 Å². The molecule has 2 rings (SSSR count). The highest BCUT2D eigenvalue weighted by Gasteiger charge is 2.16. The second-order valence-corrected chi connectivity index (χ2v) is 4.74. The second kappa shape index (κ2) is 8.92. The molecule has 1 fully saturated rings. The molecule has 1 aliphatic carbocycles. The van der Waals surface area contributed by atoms with Crippen molar-refractivity contribution in [1.82, 2.24) is 5.32 Å². The third kappa shape index (κ3) is 5.19. The summed E-state index contributed by atoms with van der Waals surface area (Å²) in [5.41, 5.74) is 0.894. The molecule has 1 N–H and O–H groups in total. The molecule has 1 saturated carbocycles. The smallest absolute Gasteiger partial charge is 0.123 e. The van der Waals surface area contributed by atoms with Gasteiger partial charge in [0.15, 0.2) is 0 Å². The minimum absolute atomic E-state index is 0.205. The molecule has 19 heavy (non-hydrogen) atoms. The monoisotopic (exact) mass is 267 g/mol. The second-order valence-electron chi connectivity index (χ2n) is 4.74. The fourth-order valence-electron chi connectivity index (χ4n) is 2.40. The molecule has 0 radical (unpaired) electrons. The fraction of sp³-hybridized carbons (Fsp3) is 0.625. The largest absolute Gasteiger partial charge is 0.493 e. The van der Waals surface area contributed by atoms with Crippen LogP contribution < -0.4 is 10.1 Å². The van der Waals surface area contributed by atoms with E-state index in [1.165, 1.54) is 31.7 Å². The van der Waals surface area contributed by atoms with Crippen LogP contribution in [0.4, 0.5) is 4.39 Å². The predicted molar refractivity (Wildman–Crippen MR) is 78.0 cm³/mol. The summed E-state index contributed by atoms with van der Waals surface area (Å²) in [5, 5.41) is 3.03. The average molecular weight is 267 g/mol. The van der Waals surface area contributed by atoms with Crippen molar-refractivity contribution >= 4 is 0 Å². The third-order valence-electron chi connectivity index (χ3n) is 3.34. The lowest BCUT2D eigenvalue weighted by Crippen LogP contribution is -2.12. The molecule has 0 heterocycles. The average Bonchev–Trinajstić information content (AvgIpc) is 2.94. The maximum absolute atomic E-state index is 13.1. The Labute approximate surface area is 116 Å². The van der Waals surface area contributed by atoms with E-state index in [2.05, 4.69) is 5.32 Å². The zero-order chi connectivity index (χ0) is 14.1. The van der Waals surface area contributed by atoms with Gasteiger partial charge in [-0.3, -0.25) is 0 Å². The Hall–Kier alpha value is -1.09. The molecule has 0 spiro atoms. The Morgan fingerprint density at radius 3 is 2.58 bits per heavy atom. The number of hydrogen-bond donors (Lipinski definition) is 1. The number of rotatable bonds is 5. The molecule has 0 saturated heterocycles.